The molecular weight excluding hydrogens is 416 g/mol. The number of benzene rings is 1. The number of likely N-dealkylation sites (tertiary alicyclic amines) is 1. The van der Waals surface area contributed by atoms with E-state index in [0.717, 1.165) is 48.3 Å². The molecule has 0 saturated carbocycles. The molecule has 4 heterocycles. The van der Waals surface area contributed by atoms with E-state index >= 15 is 0 Å². The average molecular weight is 447 g/mol. The largest absolute Gasteiger partial charge is 0.322 e. The van der Waals surface area contributed by atoms with Gasteiger partial charge in [-0.1, -0.05) is 19.9 Å². The number of piperidine rings is 2. The van der Waals surface area contributed by atoms with Gasteiger partial charge >= 0.3 is 0 Å². The Morgan fingerprint density at radius 2 is 1.85 bits per heavy atom. The molecule has 2 fully saturated rings. The van der Waals surface area contributed by atoms with Crippen molar-refractivity contribution in [3.8, 4) is 11.3 Å². The highest BCUT2D eigenvalue weighted by Crippen LogP contribution is 2.31. The highest BCUT2D eigenvalue weighted by atomic mass is 16.2. The minimum Gasteiger partial charge on any atom is -0.322 e. The minimum absolute atomic E-state index is 0.152. The highest BCUT2D eigenvalue weighted by molar-refractivity contribution is 6.05. The maximum absolute atomic E-state index is 12.9. The summed E-state index contributed by atoms with van der Waals surface area (Å²) >= 11 is 0. The van der Waals surface area contributed by atoms with E-state index in [1.165, 1.54) is 12.0 Å². The van der Waals surface area contributed by atoms with Gasteiger partial charge in [-0.3, -0.25) is 29.6 Å². The number of carbonyl (C=O) groups excluding carboxylic acids is 3. The molecule has 1 aromatic heterocycles. The van der Waals surface area contributed by atoms with Crippen molar-refractivity contribution in [2.75, 3.05) is 13.1 Å². The maximum Gasteiger partial charge on any atom is 0.255 e. The standard InChI is InChI=1S/C26H30N4O3/c1-16-9-17(2)13-29(12-16)14-18-7-8-27-22(10-18)19-3-4-21-20(11-19)15-30(26(21)33)23-5-6-24(31)28-25(23)32/h3-4,7-8,10-11,16-17,23H,5-6,9,12-15H2,1-2H3,(H,28,31,32)/t16-,17+,23?. The van der Waals surface area contributed by atoms with E-state index in [-0.39, 0.29) is 24.1 Å². The van der Waals surface area contributed by atoms with E-state index in [4.69, 9.17) is 0 Å². The Morgan fingerprint density at radius 1 is 1.06 bits per heavy atom. The molecule has 3 amide bonds. The van der Waals surface area contributed by atoms with Crippen molar-refractivity contribution in [1.29, 1.82) is 0 Å². The van der Waals surface area contributed by atoms with Gasteiger partial charge in [0.15, 0.2) is 0 Å². The molecule has 3 atom stereocenters. The van der Waals surface area contributed by atoms with Crippen LogP contribution in [0.1, 0.15) is 54.6 Å². The van der Waals surface area contributed by atoms with Crippen LogP contribution in [-0.2, 0) is 22.7 Å². The molecule has 3 aliphatic rings. The quantitative estimate of drug-likeness (QED) is 0.730. The summed E-state index contributed by atoms with van der Waals surface area (Å²) in [6.07, 6.45) is 3.78. The maximum atomic E-state index is 12.9. The molecule has 0 spiro atoms. The summed E-state index contributed by atoms with van der Waals surface area (Å²) in [5.41, 5.74) is 4.61. The van der Waals surface area contributed by atoms with Gasteiger partial charge in [0, 0.05) is 49.9 Å². The summed E-state index contributed by atoms with van der Waals surface area (Å²) < 4.78 is 0. The zero-order valence-corrected chi connectivity index (χ0v) is 19.2. The Bertz CT molecular complexity index is 1100. The third-order valence-electron chi connectivity index (χ3n) is 6.99. The van der Waals surface area contributed by atoms with E-state index in [1.54, 1.807) is 4.90 Å². The molecule has 7 nitrogen and oxygen atoms in total. The first kappa shape index (κ1) is 21.8. The van der Waals surface area contributed by atoms with Gasteiger partial charge in [-0.2, -0.15) is 0 Å². The van der Waals surface area contributed by atoms with Gasteiger partial charge in [-0.15, -0.1) is 0 Å². The first-order chi connectivity index (χ1) is 15.9. The number of rotatable bonds is 4. The smallest absolute Gasteiger partial charge is 0.255 e. The third-order valence-corrected chi connectivity index (χ3v) is 6.99. The van der Waals surface area contributed by atoms with Gasteiger partial charge in [0.25, 0.3) is 5.91 Å². The summed E-state index contributed by atoms with van der Waals surface area (Å²) in [5.74, 6) is 0.625. The van der Waals surface area contributed by atoms with E-state index < -0.39 is 6.04 Å². The fourth-order valence-electron chi connectivity index (χ4n) is 5.64. The fourth-order valence-corrected chi connectivity index (χ4v) is 5.64. The van der Waals surface area contributed by atoms with Crippen LogP contribution in [-0.4, -0.2) is 51.6 Å². The summed E-state index contributed by atoms with van der Waals surface area (Å²) in [7, 11) is 0. The van der Waals surface area contributed by atoms with Crippen LogP contribution < -0.4 is 5.32 Å². The van der Waals surface area contributed by atoms with Crippen molar-refractivity contribution in [3.63, 3.8) is 0 Å². The van der Waals surface area contributed by atoms with Crippen LogP contribution in [0.15, 0.2) is 36.5 Å². The van der Waals surface area contributed by atoms with Crippen LogP contribution in [0.5, 0.6) is 0 Å². The second-order valence-electron chi connectivity index (χ2n) is 9.96. The molecule has 7 heteroatoms. The SMILES string of the molecule is C[C@@H]1C[C@H](C)CN(Cc2ccnc(-c3ccc4c(c3)CN(C3CCC(=O)NC3=O)C4=O)c2)C1. The predicted octanol–water partition coefficient (Wildman–Crippen LogP) is 2.99. The van der Waals surface area contributed by atoms with Crippen molar-refractivity contribution >= 4 is 17.7 Å². The lowest BCUT2D eigenvalue weighted by Crippen LogP contribution is -2.52. The lowest BCUT2D eigenvalue weighted by atomic mass is 9.91. The number of aromatic nitrogens is 1. The number of amides is 3. The molecule has 1 N–H and O–H groups in total. The number of nitrogens with zero attached hydrogens (tertiary/aromatic N) is 3. The van der Waals surface area contributed by atoms with Crippen molar-refractivity contribution in [1.82, 2.24) is 20.1 Å². The van der Waals surface area contributed by atoms with Crippen LogP contribution in [0.3, 0.4) is 0 Å². The van der Waals surface area contributed by atoms with Crippen molar-refractivity contribution in [2.24, 2.45) is 11.8 Å². The van der Waals surface area contributed by atoms with Crippen LogP contribution in [0.2, 0.25) is 0 Å². The van der Waals surface area contributed by atoms with Gasteiger partial charge in [0.1, 0.15) is 6.04 Å². The molecule has 3 aliphatic heterocycles. The van der Waals surface area contributed by atoms with E-state index in [2.05, 4.69) is 41.2 Å². The lowest BCUT2D eigenvalue weighted by Gasteiger charge is -2.35. The molecule has 1 aromatic carbocycles. The molecule has 1 unspecified atom stereocenters. The Morgan fingerprint density at radius 3 is 2.61 bits per heavy atom. The van der Waals surface area contributed by atoms with Gasteiger partial charge in [-0.05, 0) is 60.1 Å². The minimum atomic E-state index is -0.596. The van der Waals surface area contributed by atoms with Crippen molar-refractivity contribution in [3.05, 3.63) is 53.2 Å². The Balaban J connectivity index is 1.33. The van der Waals surface area contributed by atoms with Crippen molar-refractivity contribution in [2.45, 2.75) is 52.2 Å². The molecule has 0 bridgehead atoms. The number of nitrogens with one attached hydrogen (secondary N) is 1. The number of carbonyl (C=O) groups is 3. The lowest BCUT2D eigenvalue weighted by molar-refractivity contribution is -0.136. The molecule has 0 radical (unpaired) electrons. The number of pyridine rings is 1. The summed E-state index contributed by atoms with van der Waals surface area (Å²) in [4.78, 5) is 45.4. The molecule has 2 saturated heterocycles. The Labute approximate surface area is 194 Å². The zero-order valence-electron chi connectivity index (χ0n) is 19.2. The predicted molar refractivity (Wildman–Crippen MR) is 124 cm³/mol. The second-order valence-corrected chi connectivity index (χ2v) is 9.96. The highest BCUT2D eigenvalue weighted by Gasteiger charge is 2.39. The summed E-state index contributed by atoms with van der Waals surface area (Å²) in [6, 6.07) is 9.40. The summed E-state index contributed by atoms with van der Waals surface area (Å²) in [6.45, 7) is 8.18. The third kappa shape index (κ3) is 4.42. The first-order valence-electron chi connectivity index (χ1n) is 11.8. The molecule has 0 aliphatic carbocycles. The number of hydrogen-bond donors (Lipinski definition) is 1. The van der Waals surface area contributed by atoms with E-state index in [0.29, 0.717) is 18.5 Å². The fraction of sp³-hybridized carbons (Fsp3) is 0.462. The zero-order chi connectivity index (χ0) is 23.1. The van der Waals surface area contributed by atoms with Gasteiger partial charge in [-0.25, -0.2) is 0 Å². The van der Waals surface area contributed by atoms with Gasteiger partial charge in [0.05, 0.1) is 5.69 Å². The Hall–Kier alpha value is -3.06. The molecule has 2 aromatic rings. The molecular formula is C26H30N4O3. The van der Waals surface area contributed by atoms with Gasteiger partial charge < -0.3 is 4.90 Å². The normalized spacial score (nSPS) is 25.8. The second kappa shape index (κ2) is 8.71. The van der Waals surface area contributed by atoms with Crippen LogP contribution in [0.4, 0.5) is 0 Å². The Kier molecular flexibility index (Phi) is 5.74. The molecule has 172 valence electrons. The van der Waals surface area contributed by atoms with E-state index in [9.17, 15) is 14.4 Å². The summed E-state index contributed by atoms with van der Waals surface area (Å²) in [5, 5.41) is 2.35. The van der Waals surface area contributed by atoms with Crippen molar-refractivity contribution < 1.29 is 14.4 Å². The number of fused-ring (bicyclic) bond motifs is 1. The monoisotopic (exact) mass is 446 g/mol. The van der Waals surface area contributed by atoms with Crippen LogP contribution >= 0.6 is 0 Å². The molecule has 33 heavy (non-hydrogen) atoms. The molecule has 5 rings (SSSR count). The van der Waals surface area contributed by atoms with Gasteiger partial charge in [0.2, 0.25) is 11.8 Å². The topological polar surface area (TPSA) is 82.6 Å². The number of imide groups is 1. The van der Waals surface area contributed by atoms with Crippen LogP contribution in [0, 0.1) is 11.8 Å². The average Bonchev–Trinajstić information content (AvgIpc) is 3.09. The number of hydrogen-bond acceptors (Lipinski definition) is 5. The van der Waals surface area contributed by atoms with E-state index in [1.807, 2.05) is 24.4 Å². The first-order valence-corrected chi connectivity index (χ1v) is 11.8. The van der Waals surface area contributed by atoms with Crippen LogP contribution in [0.25, 0.3) is 11.3 Å².